The van der Waals surface area contributed by atoms with Gasteiger partial charge < -0.3 is 19.9 Å². The molecule has 0 aromatic heterocycles. The number of likely N-dealkylation sites (N-methyl/N-ethyl adjacent to an activating group) is 1. The Kier molecular flexibility index (Phi) is 9.54. The van der Waals surface area contributed by atoms with Crippen LogP contribution >= 0.6 is 35.7 Å². The molecule has 1 aromatic rings. The Morgan fingerprint density at radius 1 is 1.42 bits per heavy atom. The van der Waals surface area contributed by atoms with Gasteiger partial charge in [-0.25, -0.2) is 0 Å². The average molecular weight is 492 g/mol. The van der Waals surface area contributed by atoms with Gasteiger partial charge in [0.2, 0.25) is 0 Å². The van der Waals surface area contributed by atoms with Crippen LogP contribution in [0.2, 0.25) is 0 Å². The number of aliphatic imine (C=N–C) groups is 1. The van der Waals surface area contributed by atoms with Crippen LogP contribution in [0, 0.1) is 0 Å². The van der Waals surface area contributed by atoms with E-state index in [0.29, 0.717) is 0 Å². The second-order valence-electron chi connectivity index (χ2n) is 7.21. The number of benzene rings is 1. The van der Waals surface area contributed by atoms with E-state index in [0.717, 1.165) is 37.1 Å². The maximum absolute atomic E-state index is 5.38. The lowest BCUT2D eigenvalue weighted by Gasteiger charge is -2.39. The van der Waals surface area contributed by atoms with Gasteiger partial charge in [-0.2, -0.15) is 11.8 Å². The molecule has 0 bridgehead atoms. The molecule has 1 fully saturated rings. The summed E-state index contributed by atoms with van der Waals surface area (Å²) in [6.07, 6.45) is 0. The van der Waals surface area contributed by atoms with Crippen LogP contribution in [0.15, 0.2) is 29.3 Å². The molecule has 26 heavy (non-hydrogen) atoms. The van der Waals surface area contributed by atoms with Crippen LogP contribution in [0.3, 0.4) is 0 Å². The molecule has 1 unspecified atom stereocenters. The molecule has 0 radical (unpaired) electrons. The van der Waals surface area contributed by atoms with Crippen molar-refractivity contribution in [3.63, 3.8) is 0 Å². The number of guanidine groups is 1. The van der Waals surface area contributed by atoms with Crippen LogP contribution in [-0.4, -0.2) is 74.1 Å². The highest BCUT2D eigenvalue weighted by Crippen LogP contribution is 2.29. The summed E-state index contributed by atoms with van der Waals surface area (Å²) in [6, 6.07) is 8.53. The van der Waals surface area contributed by atoms with E-state index in [1.54, 1.807) is 7.11 Å². The smallest absolute Gasteiger partial charge is 0.193 e. The van der Waals surface area contributed by atoms with E-state index in [2.05, 4.69) is 60.2 Å². The molecule has 1 aliphatic heterocycles. The van der Waals surface area contributed by atoms with Crippen molar-refractivity contribution < 1.29 is 4.74 Å². The van der Waals surface area contributed by atoms with Crippen molar-refractivity contribution in [2.45, 2.75) is 24.6 Å². The highest BCUT2D eigenvalue weighted by Gasteiger charge is 2.29. The van der Waals surface area contributed by atoms with Gasteiger partial charge >= 0.3 is 0 Å². The van der Waals surface area contributed by atoms with E-state index in [9.17, 15) is 0 Å². The summed E-state index contributed by atoms with van der Waals surface area (Å²) >= 11 is 2.04. The Labute approximate surface area is 180 Å². The molecule has 0 amide bonds. The first kappa shape index (κ1) is 23.4. The van der Waals surface area contributed by atoms with Crippen LogP contribution in [-0.2, 0) is 0 Å². The fourth-order valence-electron chi connectivity index (χ4n) is 3.16. The van der Waals surface area contributed by atoms with E-state index in [-0.39, 0.29) is 34.8 Å². The molecule has 148 valence electrons. The van der Waals surface area contributed by atoms with Crippen molar-refractivity contribution in [3.05, 3.63) is 29.8 Å². The Morgan fingerprint density at radius 3 is 2.73 bits per heavy atom. The van der Waals surface area contributed by atoms with Crippen molar-refractivity contribution in [3.8, 4) is 5.75 Å². The highest BCUT2D eigenvalue weighted by molar-refractivity contribution is 14.0. The van der Waals surface area contributed by atoms with E-state index >= 15 is 0 Å². The lowest BCUT2D eigenvalue weighted by Crippen LogP contribution is -2.52. The largest absolute Gasteiger partial charge is 0.497 e. The minimum atomic E-state index is 0. The Bertz CT molecular complexity index is 595. The van der Waals surface area contributed by atoms with Gasteiger partial charge in [-0.15, -0.1) is 24.0 Å². The number of ether oxygens (including phenoxy) is 1. The molecule has 0 spiro atoms. The standard InChI is InChI=1S/C19H32N4OS.HI/c1-19(2)14-23(10-11-25-19)18(20-3)21-13-17(22(4)5)15-8-7-9-16(12-15)24-6;/h7-9,12,17H,10-11,13-14H2,1-6H3,(H,20,21);1H. The summed E-state index contributed by atoms with van der Waals surface area (Å²) in [7, 11) is 7.79. The van der Waals surface area contributed by atoms with Gasteiger partial charge in [0.15, 0.2) is 5.96 Å². The molecule has 5 nitrogen and oxygen atoms in total. The van der Waals surface area contributed by atoms with Crippen LogP contribution in [0.4, 0.5) is 0 Å². The van der Waals surface area contributed by atoms with Crippen molar-refractivity contribution in [1.29, 1.82) is 0 Å². The van der Waals surface area contributed by atoms with E-state index in [4.69, 9.17) is 4.74 Å². The van der Waals surface area contributed by atoms with Crippen molar-refractivity contribution in [1.82, 2.24) is 15.1 Å². The molecule has 1 N–H and O–H groups in total. The summed E-state index contributed by atoms with van der Waals surface area (Å²) in [4.78, 5) is 9.11. The zero-order chi connectivity index (χ0) is 18.4. The lowest BCUT2D eigenvalue weighted by atomic mass is 10.1. The first-order valence-corrected chi connectivity index (χ1v) is 9.75. The zero-order valence-corrected chi connectivity index (χ0v) is 19.9. The zero-order valence-electron chi connectivity index (χ0n) is 16.8. The van der Waals surface area contributed by atoms with Crippen LogP contribution in [0.25, 0.3) is 0 Å². The molecule has 1 saturated heterocycles. The summed E-state index contributed by atoms with van der Waals surface area (Å²) in [5.41, 5.74) is 1.24. The molecule has 1 aromatic carbocycles. The van der Waals surface area contributed by atoms with Gasteiger partial charge in [-0.05, 0) is 45.6 Å². The lowest BCUT2D eigenvalue weighted by molar-refractivity contribution is 0.291. The van der Waals surface area contributed by atoms with E-state index in [1.165, 1.54) is 5.56 Å². The Balaban J connectivity index is 0.00000338. The van der Waals surface area contributed by atoms with Crippen LogP contribution < -0.4 is 10.1 Å². The average Bonchev–Trinajstić information content (AvgIpc) is 2.57. The molecule has 1 heterocycles. The van der Waals surface area contributed by atoms with Gasteiger partial charge in [0.25, 0.3) is 0 Å². The quantitative estimate of drug-likeness (QED) is 0.388. The third kappa shape index (κ3) is 6.49. The third-order valence-electron chi connectivity index (χ3n) is 4.49. The Hall–Kier alpha value is -0.670. The SMILES string of the molecule is CN=C(NCC(c1cccc(OC)c1)N(C)C)N1CCSC(C)(C)C1.I. The summed E-state index contributed by atoms with van der Waals surface area (Å²) < 4.78 is 5.64. The summed E-state index contributed by atoms with van der Waals surface area (Å²) in [5.74, 6) is 3.02. The number of thioether (sulfide) groups is 1. The van der Waals surface area contributed by atoms with E-state index < -0.39 is 0 Å². The number of rotatable bonds is 5. The number of hydrogen-bond acceptors (Lipinski definition) is 4. The second-order valence-corrected chi connectivity index (χ2v) is 9.02. The maximum Gasteiger partial charge on any atom is 0.193 e. The number of hydrogen-bond donors (Lipinski definition) is 1. The normalized spacial score (nSPS) is 18.3. The predicted molar refractivity (Wildman–Crippen MR) is 124 cm³/mol. The summed E-state index contributed by atoms with van der Waals surface area (Å²) in [6.45, 7) is 7.46. The van der Waals surface area contributed by atoms with Gasteiger partial charge in [0.05, 0.1) is 13.2 Å². The molecule has 1 atom stereocenters. The minimum Gasteiger partial charge on any atom is -0.497 e. The highest BCUT2D eigenvalue weighted by atomic mass is 127. The van der Waals surface area contributed by atoms with Crippen molar-refractivity contribution in [2.24, 2.45) is 4.99 Å². The first-order chi connectivity index (χ1) is 11.9. The van der Waals surface area contributed by atoms with Gasteiger partial charge in [-0.3, -0.25) is 4.99 Å². The van der Waals surface area contributed by atoms with Crippen LogP contribution in [0.1, 0.15) is 25.5 Å². The molecule has 0 aliphatic carbocycles. The second kappa shape index (κ2) is 10.6. The third-order valence-corrected chi connectivity index (χ3v) is 5.79. The molecule has 0 saturated carbocycles. The minimum absolute atomic E-state index is 0. The number of nitrogens with zero attached hydrogens (tertiary/aromatic N) is 3. The molecule has 2 rings (SSSR count). The topological polar surface area (TPSA) is 40.1 Å². The van der Waals surface area contributed by atoms with Crippen molar-refractivity contribution >= 4 is 41.7 Å². The molecule has 1 aliphatic rings. The molecular formula is C19H33IN4OS. The maximum atomic E-state index is 5.38. The van der Waals surface area contributed by atoms with E-state index in [1.807, 2.05) is 30.9 Å². The fourth-order valence-corrected chi connectivity index (χ4v) is 4.28. The first-order valence-electron chi connectivity index (χ1n) is 8.76. The van der Waals surface area contributed by atoms with Gasteiger partial charge in [0, 0.05) is 37.2 Å². The fraction of sp³-hybridized carbons (Fsp3) is 0.632. The van der Waals surface area contributed by atoms with Gasteiger partial charge in [-0.1, -0.05) is 12.1 Å². The number of nitrogens with one attached hydrogen (secondary N) is 1. The van der Waals surface area contributed by atoms with Crippen LogP contribution in [0.5, 0.6) is 5.75 Å². The molecular weight excluding hydrogens is 459 g/mol. The monoisotopic (exact) mass is 492 g/mol. The summed E-state index contributed by atoms with van der Waals surface area (Å²) in [5, 5.41) is 3.58. The van der Waals surface area contributed by atoms with Crippen molar-refractivity contribution in [2.75, 3.05) is 53.6 Å². The van der Waals surface area contributed by atoms with Gasteiger partial charge in [0.1, 0.15) is 5.75 Å². The Morgan fingerprint density at radius 2 is 2.15 bits per heavy atom. The number of methoxy groups -OCH3 is 1. The number of halogens is 1. The molecule has 7 heteroatoms. The predicted octanol–water partition coefficient (Wildman–Crippen LogP) is 3.32.